The highest BCUT2D eigenvalue weighted by Crippen LogP contribution is 2.23. The van der Waals surface area contributed by atoms with Crippen molar-refractivity contribution in [2.75, 3.05) is 20.1 Å². The van der Waals surface area contributed by atoms with Gasteiger partial charge in [0.1, 0.15) is 6.04 Å². The zero-order chi connectivity index (χ0) is 26.0. The SMILES string of the molecule is CCCC(=O)O[C@H](C(=O)N1CCC[C@@H]1C(=O)OC(C)OC(=O)N(C)CCc1ccccn1)C(C)C. The van der Waals surface area contributed by atoms with Crippen LogP contribution in [0.15, 0.2) is 24.4 Å². The van der Waals surface area contributed by atoms with Crippen molar-refractivity contribution in [2.45, 2.75) is 78.2 Å². The molecule has 1 aliphatic rings. The molecule has 1 unspecified atom stereocenters. The molecule has 10 nitrogen and oxygen atoms in total. The summed E-state index contributed by atoms with van der Waals surface area (Å²) in [5.74, 6) is -1.76. The summed E-state index contributed by atoms with van der Waals surface area (Å²) in [6.45, 7) is 7.62. The van der Waals surface area contributed by atoms with Gasteiger partial charge in [0.25, 0.3) is 5.91 Å². The van der Waals surface area contributed by atoms with Crippen LogP contribution in [0.25, 0.3) is 0 Å². The summed E-state index contributed by atoms with van der Waals surface area (Å²) in [6.07, 6.45) is 1.38. The maximum atomic E-state index is 13.1. The van der Waals surface area contributed by atoms with E-state index in [0.717, 1.165) is 5.69 Å². The van der Waals surface area contributed by atoms with Crippen LogP contribution in [0.1, 0.15) is 59.1 Å². The van der Waals surface area contributed by atoms with Crippen molar-refractivity contribution in [3.05, 3.63) is 30.1 Å². The maximum Gasteiger partial charge on any atom is 0.412 e. The van der Waals surface area contributed by atoms with Gasteiger partial charge in [-0.1, -0.05) is 26.8 Å². The van der Waals surface area contributed by atoms with Crippen LogP contribution in [0.4, 0.5) is 4.79 Å². The van der Waals surface area contributed by atoms with Crippen molar-refractivity contribution in [1.82, 2.24) is 14.8 Å². The summed E-state index contributed by atoms with van der Waals surface area (Å²) < 4.78 is 16.0. The number of likely N-dealkylation sites (N-methyl/N-ethyl adjacent to an activating group) is 1. The second-order valence-corrected chi connectivity index (χ2v) is 8.98. The van der Waals surface area contributed by atoms with Gasteiger partial charge < -0.3 is 24.0 Å². The van der Waals surface area contributed by atoms with E-state index in [2.05, 4.69) is 4.98 Å². The van der Waals surface area contributed by atoms with Gasteiger partial charge >= 0.3 is 18.0 Å². The molecule has 2 heterocycles. The van der Waals surface area contributed by atoms with Crippen LogP contribution in [-0.4, -0.2) is 77.3 Å². The number of pyridine rings is 1. The molecule has 10 heteroatoms. The molecule has 0 aliphatic carbocycles. The van der Waals surface area contributed by atoms with E-state index in [1.54, 1.807) is 27.1 Å². The van der Waals surface area contributed by atoms with Crippen molar-refractivity contribution in [3.8, 4) is 0 Å². The Kier molecular flexibility index (Phi) is 10.9. The predicted octanol–water partition coefficient (Wildman–Crippen LogP) is 2.94. The Bertz CT molecular complexity index is 862. The lowest BCUT2D eigenvalue weighted by Gasteiger charge is -2.30. The molecule has 0 aromatic carbocycles. The van der Waals surface area contributed by atoms with Crippen LogP contribution in [0, 0.1) is 5.92 Å². The summed E-state index contributed by atoms with van der Waals surface area (Å²) in [5, 5.41) is 0. The van der Waals surface area contributed by atoms with E-state index in [0.29, 0.717) is 38.8 Å². The molecular formula is C25H37N3O7. The Morgan fingerprint density at radius 1 is 1.14 bits per heavy atom. The summed E-state index contributed by atoms with van der Waals surface area (Å²) in [6, 6.07) is 4.74. The molecule has 3 atom stereocenters. The van der Waals surface area contributed by atoms with Gasteiger partial charge in [0.15, 0.2) is 6.10 Å². The summed E-state index contributed by atoms with van der Waals surface area (Å²) in [5.41, 5.74) is 0.845. The lowest BCUT2D eigenvalue weighted by molar-refractivity contribution is -0.176. The smallest absolute Gasteiger partial charge is 0.412 e. The number of nitrogens with zero attached hydrogens (tertiary/aromatic N) is 3. The lowest BCUT2D eigenvalue weighted by Crippen LogP contribution is -2.49. The van der Waals surface area contributed by atoms with Gasteiger partial charge in [-0.25, -0.2) is 9.59 Å². The molecule has 0 saturated carbocycles. The second-order valence-electron chi connectivity index (χ2n) is 8.98. The first kappa shape index (κ1) is 28.1. The first-order chi connectivity index (χ1) is 16.6. The maximum absolute atomic E-state index is 13.1. The Balaban J connectivity index is 1.89. The highest BCUT2D eigenvalue weighted by atomic mass is 16.7. The molecule has 1 fully saturated rings. The van der Waals surface area contributed by atoms with Crippen LogP contribution < -0.4 is 0 Å². The number of aromatic nitrogens is 1. The number of carbonyl (C=O) groups excluding carboxylic acids is 4. The minimum absolute atomic E-state index is 0.223. The molecule has 1 aliphatic heterocycles. The zero-order valence-electron chi connectivity index (χ0n) is 21.3. The minimum Gasteiger partial charge on any atom is -0.452 e. The quantitative estimate of drug-likeness (QED) is 0.343. The van der Waals surface area contributed by atoms with Crippen molar-refractivity contribution in [2.24, 2.45) is 5.92 Å². The average molecular weight is 492 g/mol. The minimum atomic E-state index is -1.13. The van der Waals surface area contributed by atoms with E-state index in [1.165, 1.54) is 16.7 Å². The molecule has 0 N–H and O–H groups in total. The Labute approximate surface area is 206 Å². The highest BCUT2D eigenvalue weighted by Gasteiger charge is 2.41. The van der Waals surface area contributed by atoms with Crippen LogP contribution in [0.5, 0.6) is 0 Å². The number of amides is 2. The largest absolute Gasteiger partial charge is 0.452 e. The Morgan fingerprint density at radius 3 is 2.51 bits per heavy atom. The molecule has 1 aromatic rings. The third-order valence-electron chi connectivity index (χ3n) is 5.66. The van der Waals surface area contributed by atoms with Crippen molar-refractivity contribution in [1.29, 1.82) is 0 Å². The number of ether oxygens (including phenoxy) is 3. The molecule has 194 valence electrons. The predicted molar refractivity (Wildman–Crippen MR) is 127 cm³/mol. The highest BCUT2D eigenvalue weighted by molar-refractivity contribution is 5.89. The molecule has 2 amide bonds. The number of rotatable bonds is 11. The van der Waals surface area contributed by atoms with Gasteiger partial charge in [-0.3, -0.25) is 14.6 Å². The molecule has 0 spiro atoms. The third-order valence-corrected chi connectivity index (χ3v) is 5.66. The van der Waals surface area contributed by atoms with Crippen molar-refractivity contribution < 1.29 is 33.4 Å². The number of esters is 2. The van der Waals surface area contributed by atoms with E-state index in [1.807, 2.05) is 25.1 Å². The van der Waals surface area contributed by atoms with E-state index < -0.39 is 42.4 Å². The first-order valence-electron chi connectivity index (χ1n) is 12.2. The number of hydrogen-bond acceptors (Lipinski definition) is 8. The molecule has 0 bridgehead atoms. The molecule has 35 heavy (non-hydrogen) atoms. The monoisotopic (exact) mass is 491 g/mol. The molecule has 2 rings (SSSR count). The molecule has 0 radical (unpaired) electrons. The van der Waals surface area contributed by atoms with Crippen molar-refractivity contribution in [3.63, 3.8) is 0 Å². The van der Waals surface area contributed by atoms with E-state index in [-0.39, 0.29) is 12.3 Å². The Hall–Kier alpha value is -3.17. The third kappa shape index (κ3) is 8.52. The van der Waals surface area contributed by atoms with Crippen LogP contribution in [0.2, 0.25) is 0 Å². The second kappa shape index (κ2) is 13.7. The van der Waals surface area contributed by atoms with Gasteiger partial charge in [-0.05, 0) is 37.3 Å². The molecular weight excluding hydrogens is 454 g/mol. The van der Waals surface area contributed by atoms with Gasteiger partial charge in [-0.15, -0.1) is 0 Å². The molecule has 1 aromatic heterocycles. The number of likely N-dealkylation sites (tertiary alicyclic amines) is 1. The van der Waals surface area contributed by atoms with Gasteiger partial charge in [0.05, 0.1) is 0 Å². The Morgan fingerprint density at radius 2 is 1.89 bits per heavy atom. The van der Waals surface area contributed by atoms with Gasteiger partial charge in [0, 0.05) is 51.8 Å². The van der Waals surface area contributed by atoms with Crippen LogP contribution in [-0.2, 0) is 35.0 Å². The fourth-order valence-corrected chi connectivity index (χ4v) is 3.73. The zero-order valence-corrected chi connectivity index (χ0v) is 21.3. The van der Waals surface area contributed by atoms with E-state index in [4.69, 9.17) is 14.2 Å². The fraction of sp³-hybridized carbons (Fsp3) is 0.640. The summed E-state index contributed by atoms with van der Waals surface area (Å²) in [4.78, 5) is 57.3. The topological polar surface area (TPSA) is 115 Å². The fourth-order valence-electron chi connectivity index (χ4n) is 3.73. The number of carbonyl (C=O) groups is 4. The lowest BCUT2D eigenvalue weighted by atomic mass is 10.1. The first-order valence-corrected chi connectivity index (χ1v) is 12.2. The van der Waals surface area contributed by atoms with Crippen LogP contribution >= 0.6 is 0 Å². The normalized spacial score (nSPS) is 17.0. The van der Waals surface area contributed by atoms with E-state index >= 15 is 0 Å². The standard InChI is InChI=1S/C25H37N3O7/c1-6-10-21(29)35-22(17(2)3)23(30)28-15-9-12-20(28)24(31)33-18(4)34-25(32)27(5)16-13-19-11-7-8-14-26-19/h7-8,11,14,17-18,20,22H,6,9-10,12-13,15-16H2,1-5H3/t18?,20-,22+/m1/s1. The van der Waals surface area contributed by atoms with Gasteiger partial charge in [0.2, 0.25) is 6.29 Å². The number of hydrogen-bond donors (Lipinski definition) is 0. The summed E-state index contributed by atoms with van der Waals surface area (Å²) in [7, 11) is 1.59. The molecule has 1 saturated heterocycles. The average Bonchev–Trinajstić information content (AvgIpc) is 3.31. The van der Waals surface area contributed by atoms with Crippen LogP contribution in [0.3, 0.4) is 0 Å². The van der Waals surface area contributed by atoms with E-state index in [9.17, 15) is 19.2 Å². The van der Waals surface area contributed by atoms with Gasteiger partial charge in [-0.2, -0.15) is 0 Å². The summed E-state index contributed by atoms with van der Waals surface area (Å²) >= 11 is 0. The van der Waals surface area contributed by atoms with Crippen molar-refractivity contribution >= 4 is 23.9 Å².